The number of nitrogens with one attached hydrogen (secondary N) is 1. The Bertz CT molecular complexity index is 98.9. The van der Waals surface area contributed by atoms with Gasteiger partial charge >= 0.3 is 5.97 Å². The number of halogens is 1. The Morgan fingerprint density at radius 3 is 2.30 bits per heavy atom. The van der Waals surface area contributed by atoms with E-state index in [0.29, 0.717) is 0 Å². The molecule has 1 atom stereocenters. The second-order valence-corrected chi connectivity index (χ2v) is 1.69. The number of carbonyl (C=O) groups is 1. The number of aliphatic hydroxyl groups excluding tert-OH is 1. The lowest BCUT2D eigenvalue weighted by Gasteiger charge is -2.07. The molecule has 4 nitrogen and oxygen atoms in total. The molecule has 62 valence electrons. The Morgan fingerprint density at radius 1 is 1.70 bits per heavy atom. The van der Waals surface area contributed by atoms with Crippen LogP contribution < -0.4 is 5.32 Å². The molecule has 3 N–H and O–H groups in total. The number of carboxylic acids is 1. The van der Waals surface area contributed by atoms with Crippen LogP contribution in [0.1, 0.15) is 6.42 Å². The zero-order valence-corrected chi connectivity index (χ0v) is 6.52. The summed E-state index contributed by atoms with van der Waals surface area (Å²) in [5.41, 5.74) is 0. The van der Waals surface area contributed by atoms with E-state index < -0.39 is 12.0 Å². The lowest BCUT2D eigenvalue weighted by Crippen LogP contribution is -2.34. The van der Waals surface area contributed by atoms with Crippen LogP contribution in [0.15, 0.2) is 0 Å². The van der Waals surface area contributed by atoms with Crippen LogP contribution in [0.3, 0.4) is 0 Å². The predicted octanol–water partition coefficient (Wildman–Crippen LogP) is -0.537. The van der Waals surface area contributed by atoms with Crippen molar-refractivity contribution in [1.82, 2.24) is 5.32 Å². The van der Waals surface area contributed by atoms with Gasteiger partial charge in [0.1, 0.15) is 6.04 Å². The quantitative estimate of drug-likeness (QED) is 0.529. The van der Waals surface area contributed by atoms with Gasteiger partial charge in [-0.2, -0.15) is 0 Å². The molecular weight excluding hydrogens is 158 g/mol. The van der Waals surface area contributed by atoms with Crippen LogP contribution >= 0.6 is 12.4 Å². The summed E-state index contributed by atoms with van der Waals surface area (Å²) in [5, 5.41) is 19.2. The molecule has 0 heterocycles. The molecule has 0 aliphatic rings. The molecule has 0 saturated heterocycles. The van der Waals surface area contributed by atoms with E-state index in [1.54, 1.807) is 7.05 Å². The smallest absolute Gasteiger partial charge is 0.320 e. The lowest BCUT2D eigenvalue weighted by molar-refractivity contribution is -0.139. The van der Waals surface area contributed by atoms with Gasteiger partial charge in [-0.3, -0.25) is 4.79 Å². The van der Waals surface area contributed by atoms with E-state index in [1.165, 1.54) is 0 Å². The molecule has 0 amide bonds. The van der Waals surface area contributed by atoms with Crippen LogP contribution in [-0.2, 0) is 4.79 Å². The summed E-state index contributed by atoms with van der Waals surface area (Å²) in [6, 6.07) is -0.616. The maximum atomic E-state index is 10.1. The Labute approximate surface area is 65.7 Å². The molecule has 0 spiro atoms. The zero-order valence-electron chi connectivity index (χ0n) is 5.70. The first kappa shape index (κ1) is 12.4. The van der Waals surface area contributed by atoms with E-state index in [9.17, 15) is 4.79 Å². The van der Waals surface area contributed by atoms with Crippen molar-refractivity contribution >= 4 is 18.4 Å². The maximum Gasteiger partial charge on any atom is 0.320 e. The molecule has 0 aromatic heterocycles. The highest BCUT2D eigenvalue weighted by molar-refractivity contribution is 5.85. The van der Waals surface area contributed by atoms with Crippen LogP contribution in [0.4, 0.5) is 0 Å². The molecule has 0 radical (unpaired) electrons. The number of aliphatic hydroxyl groups is 1. The van der Waals surface area contributed by atoms with Crippen molar-refractivity contribution < 1.29 is 15.0 Å². The minimum atomic E-state index is -0.924. The zero-order chi connectivity index (χ0) is 7.28. The SMILES string of the molecule is CN[C@@H](CCO)C(=O)O.Cl. The third kappa shape index (κ3) is 4.55. The van der Waals surface area contributed by atoms with Gasteiger partial charge in [0, 0.05) is 6.61 Å². The molecule has 5 heteroatoms. The highest BCUT2D eigenvalue weighted by atomic mass is 35.5. The molecule has 0 saturated carbocycles. The van der Waals surface area contributed by atoms with Gasteiger partial charge in [-0.25, -0.2) is 0 Å². The third-order valence-electron chi connectivity index (χ3n) is 1.06. The molecule has 10 heavy (non-hydrogen) atoms. The number of hydrogen-bond donors (Lipinski definition) is 3. The van der Waals surface area contributed by atoms with Gasteiger partial charge in [0.2, 0.25) is 0 Å². The van der Waals surface area contributed by atoms with E-state index in [2.05, 4.69) is 5.32 Å². The molecule has 0 aromatic rings. The van der Waals surface area contributed by atoms with Crippen molar-refractivity contribution in [2.45, 2.75) is 12.5 Å². The van der Waals surface area contributed by atoms with Gasteiger partial charge in [0.05, 0.1) is 0 Å². The molecular formula is C5H12ClNO3. The van der Waals surface area contributed by atoms with Crippen molar-refractivity contribution in [2.75, 3.05) is 13.7 Å². The van der Waals surface area contributed by atoms with Crippen molar-refractivity contribution in [1.29, 1.82) is 0 Å². The Morgan fingerprint density at radius 2 is 2.20 bits per heavy atom. The fourth-order valence-corrected chi connectivity index (χ4v) is 0.520. The number of carboxylic acid groups (broad SMARTS) is 1. The topological polar surface area (TPSA) is 69.6 Å². The molecule has 0 rings (SSSR count). The van der Waals surface area contributed by atoms with Crippen LogP contribution in [0.2, 0.25) is 0 Å². The summed E-state index contributed by atoms with van der Waals surface area (Å²) < 4.78 is 0. The van der Waals surface area contributed by atoms with Crippen LogP contribution in [0.5, 0.6) is 0 Å². The van der Waals surface area contributed by atoms with Gasteiger partial charge in [-0.15, -0.1) is 12.4 Å². The van der Waals surface area contributed by atoms with Crippen molar-refractivity contribution in [3.63, 3.8) is 0 Å². The standard InChI is InChI=1S/C5H11NO3.ClH/c1-6-4(2-3-7)5(8)9;/h4,6-7H,2-3H2,1H3,(H,8,9);1H/t4-;/m0./s1. The fraction of sp³-hybridized carbons (Fsp3) is 0.800. The lowest BCUT2D eigenvalue weighted by atomic mass is 10.2. The first-order chi connectivity index (χ1) is 4.22. The third-order valence-corrected chi connectivity index (χ3v) is 1.06. The summed E-state index contributed by atoms with van der Waals surface area (Å²) in [7, 11) is 1.55. The number of likely N-dealkylation sites (N-methyl/N-ethyl adjacent to an activating group) is 1. The van der Waals surface area contributed by atoms with Gasteiger partial charge in [0.25, 0.3) is 0 Å². The second kappa shape index (κ2) is 6.80. The predicted molar refractivity (Wildman–Crippen MR) is 39.4 cm³/mol. The van der Waals surface area contributed by atoms with Gasteiger partial charge in [-0.1, -0.05) is 0 Å². The van der Waals surface area contributed by atoms with E-state index in [1.807, 2.05) is 0 Å². The minimum absolute atomic E-state index is 0. The second-order valence-electron chi connectivity index (χ2n) is 1.69. The average molecular weight is 170 g/mol. The van der Waals surface area contributed by atoms with Crippen LogP contribution in [0.25, 0.3) is 0 Å². The van der Waals surface area contributed by atoms with Crippen LogP contribution in [0, 0.1) is 0 Å². The molecule has 0 fully saturated rings. The largest absolute Gasteiger partial charge is 0.480 e. The molecule has 0 aliphatic heterocycles. The summed E-state index contributed by atoms with van der Waals surface area (Å²) in [6.07, 6.45) is 0.256. The fourth-order valence-electron chi connectivity index (χ4n) is 0.520. The first-order valence-corrected chi connectivity index (χ1v) is 2.73. The summed E-state index contributed by atoms with van der Waals surface area (Å²) in [5.74, 6) is -0.924. The molecule has 0 bridgehead atoms. The van der Waals surface area contributed by atoms with E-state index >= 15 is 0 Å². The van der Waals surface area contributed by atoms with Crippen molar-refractivity contribution in [3.8, 4) is 0 Å². The Balaban J connectivity index is 0. The molecule has 0 unspecified atom stereocenters. The Hall–Kier alpha value is -0.320. The van der Waals surface area contributed by atoms with Gasteiger partial charge in [0.15, 0.2) is 0 Å². The number of hydrogen-bond acceptors (Lipinski definition) is 3. The average Bonchev–Trinajstić information content (AvgIpc) is 1.82. The maximum absolute atomic E-state index is 10.1. The van der Waals surface area contributed by atoms with Crippen molar-refractivity contribution in [3.05, 3.63) is 0 Å². The first-order valence-electron chi connectivity index (χ1n) is 2.73. The van der Waals surface area contributed by atoms with Crippen LogP contribution in [-0.4, -0.2) is 35.9 Å². The number of rotatable bonds is 4. The normalized spacial score (nSPS) is 11.8. The van der Waals surface area contributed by atoms with Gasteiger partial charge < -0.3 is 15.5 Å². The highest BCUT2D eigenvalue weighted by Gasteiger charge is 2.12. The minimum Gasteiger partial charge on any atom is -0.480 e. The Kier molecular flexibility index (Phi) is 8.40. The monoisotopic (exact) mass is 169 g/mol. The summed E-state index contributed by atoms with van der Waals surface area (Å²) >= 11 is 0. The highest BCUT2D eigenvalue weighted by Crippen LogP contribution is 1.87. The van der Waals surface area contributed by atoms with E-state index in [4.69, 9.17) is 10.2 Å². The summed E-state index contributed by atoms with van der Waals surface area (Å²) in [4.78, 5) is 10.1. The van der Waals surface area contributed by atoms with E-state index in [0.717, 1.165) is 0 Å². The van der Waals surface area contributed by atoms with E-state index in [-0.39, 0.29) is 25.4 Å². The summed E-state index contributed by atoms with van der Waals surface area (Å²) in [6.45, 7) is -0.0994. The van der Waals surface area contributed by atoms with Crippen molar-refractivity contribution in [2.24, 2.45) is 0 Å². The molecule has 0 aliphatic carbocycles. The van der Waals surface area contributed by atoms with Gasteiger partial charge in [-0.05, 0) is 13.5 Å². The number of aliphatic carboxylic acids is 1. The molecule has 0 aromatic carbocycles.